The van der Waals surface area contributed by atoms with Gasteiger partial charge in [-0.2, -0.15) is 0 Å². The molecule has 1 saturated carbocycles. The highest BCUT2D eigenvalue weighted by Gasteiger charge is 2.57. The fourth-order valence-electron chi connectivity index (χ4n) is 1.64. The first-order chi connectivity index (χ1) is 7.95. The standard InChI is InChI=1S/C12H12FNO3/c1-7-2-3-8(13)9(6-7)14-10(15)12(4-5-12)11(16)17/h2-3,6H,4-5H2,1H3,(H,14,15)(H,16,17). The second-order valence-corrected chi connectivity index (χ2v) is 4.32. The number of rotatable bonds is 3. The van der Waals surface area contributed by atoms with Gasteiger partial charge in [0.15, 0.2) is 0 Å². The van der Waals surface area contributed by atoms with Crippen molar-refractivity contribution in [1.82, 2.24) is 0 Å². The number of aryl methyl sites for hydroxylation is 1. The monoisotopic (exact) mass is 237 g/mol. The summed E-state index contributed by atoms with van der Waals surface area (Å²) in [5.74, 6) is -2.36. The molecule has 17 heavy (non-hydrogen) atoms. The van der Waals surface area contributed by atoms with Gasteiger partial charge in [-0.25, -0.2) is 4.39 Å². The van der Waals surface area contributed by atoms with E-state index >= 15 is 0 Å². The van der Waals surface area contributed by atoms with Gasteiger partial charge in [-0.15, -0.1) is 0 Å². The maximum absolute atomic E-state index is 13.4. The molecule has 0 aromatic heterocycles. The third-order valence-corrected chi connectivity index (χ3v) is 2.96. The van der Waals surface area contributed by atoms with E-state index in [2.05, 4.69) is 5.32 Å². The van der Waals surface area contributed by atoms with Crippen LogP contribution in [0.1, 0.15) is 18.4 Å². The summed E-state index contributed by atoms with van der Waals surface area (Å²) in [5, 5.41) is 11.3. The Hall–Kier alpha value is -1.91. The lowest BCUT2D eigenvalue weighted by molar-refractivity contribution is -0.147. The van der Waals surface area contributed by atoms with E-state index in [4.69, 9.17) is 5.11 Å². The van der Waals surface area contributed by atoms with Crippen molar-refractivity contribution in [3.8, 4) is 0 Å². The van der Waals surface area contributed by atoms with E-state index in [0.717, 1.165) is 5.56 Å². The van der Waals surface area contributed by atoms with E-state index in [0.29, 0.717) is 12.8 Å². The minimum Gasteiger partial charge on any atom is -0.480 e. The number of halogens is 1. The maximum atomic E-state index is 13.4. The number of carbonyl (C=O) groups is 2. The molecule has 5 heteroatoms. The molecular formula is C12H12FNO3. The Balaban J connectivity index is 2.19. The van der Waals surface area contributed by atoms with E-state index in [1.54, 1.807) is 13.0 Å². The quantitative estimate of drug-likeness (QED) is 0.789. The average molecular weight is 237 g/mol. The van der Waals surface area contributed by atoms with Gasteiger partial charge in [0.2, 0.25) is 5.91 Å². The topological polar surface area (TPSA) is 66.4 Å². The summed E-state index contributed by atoms with van der Waals surface area (Å²) in [7, 11) is 0. The van der Waals surface area contributed by atoms with Crippen LogP contribution in [-0.2, 0) is 9.59 Å². The predicted molar refractivity (Wildman–Crippen MR) is 59.1 cm³/mol. The molecule has 2 rings (SSSR count). The Morgan fingerprint density at radius 1 is 1.41 bits per heavy atom. The number of benzene rings is 1. The van der Waals surface area contributed by atoms with E-state index in [-0.39, 0.29) is 5.69 Å². The van der Waals surface area contributed by atoms with Gasteiger partial charge in [0.1, 0.15) is 11.2 Å². The van der Waals surface area contributed by atoms with Crippen molar-refractivity contribution >= 4 is 17.6 Å². The molecule has 90 valence electrons. The first-order valence-corrected chi connectivity index (χ1v) is 5.27. The molecule has 1 aliphatic carbocycles. The summed E-state index contributed by atoms with van der Waals surface area (Å²) in [5.41, 5.74) is -0.527. The molecule has 1 amide bonds. The maximum Gasteiger partial charge on any atom is 0.319 e. The Morgan fingerprint density at radius 3 is 2.59 bits per heavy atom. The molecule has 0 aliphatic heterocycles. The number of carboxylic acids is 1. The summed E-state index contributed by atoms with van der Waals surface area (Å²) >= 11 is 0. The number of anilines is 1. The molecule has 1 aliphatic rings. The molecule has 0 saturated heterocycles. The van der Waals surface area contributed by atoms with Crippen LogP contribution >= 0.6 is 0 Å². The van der Waals surface area contributed by atoms with Gasteiger partial charge in [0, 0.05) is 0 Å². The Morgan fingerprint density at radius 2 is 2.06 bits per heavy atom. The van der Waals surface area contributed by atoms with Crippen LogP contribution in [0.3, 0.4) is 0 Å². The Kier molecular flexibility index (Phi) is 2.61. The van der Waals surface area contributed by atoms with E-state index in [9.17, 15) is 14.0 Å². The molecule has 4 nitrogen and oxygen atoms in total. The zero-order valence-corrected chi connectivity index (χ0v) is 9.29. The van der Waals surface area contributed by atoms with Crippen LogP contribution < -0.4 is 5.32 Å². The van der Waals surface area contributed by atoms with Crippen LogP contribution in [0.25, 0.3) is 0 Å². The fraction of sp³-hybridized carbons (Fsp3) is 0.333. The second kappa shape index (κ2) is 3.84. The molecule has 0 atom stereocenters. The molecule has 0 heterocycles. The zero-order valence-electron chi connectivity index (χ0n) is 9.29. The highest BCUT2D eigenvalue weighted by atomic mass is 19.1. The van der Waals surface area contributed by atoms with E-state index in [1.807, 2.05) is 0 Å². The van der Waals surface area contributed by atoms with Crippen LogP contribution in [0.5, 0.6) is 0 Å². The Labute approximate surface area is 97.4 Å². The van der Waals surface area contributed by atoms with Gasteiger partial charge in [0.05, 0.1) is 5.69 Å². The van der Waals surface area contributed by atoms with Gasteiger partial charge in [-0.05, 0) is 37.5 Å². The van der Waals surface area contributed by atoms with Crippen molar-refractivity contribution in [2.24, 2.45) is 5.41 Å². The zero-order chi connectivity index (χ0) is 12.6. The van der Waals surface area contributed by atoms with Crippen LogP contribution in [0.4, 0.5) is 10.1 Å². The summed E-state index contributed by atoms with van der Waals surface area (Å²) < 4.78 is 13.4. The van der Waals surface area contributed by atoms with Crippen molar-refractivity contribution in [2.45, 2.75) is 19.8 Å². The van der Waals surface area contributed by atoms with Gasteiger partial charge in [-0.1, -0.05) is 6.07 Å². The van der Waals surface area contributed by atoms with Gasteiger partial charge < -0.3 is 10.4 Å². The molecule has 1 fully saturated rings. The minimum atomic E-state index is -1.35. The van der Waals surface area contributed by atoms with Crippen molar-refractivity contribution in [1.29, 1.82) is 0 Å². The lowest BCUT2D eigenvalue weighted by Crippen LogP contribution is -2.31. The van der Waals surface area contributed by atoms with Crippen LogP contribution in [0.15, 0.2) is 18.2 Å². The third kappa shape index (κ3) is 2.00. The summed E-state index contributed by atoms with van der Waals surface area (Å²) in [6.45, 7) is 1.76. The first kappa shape index (κ1) is 11.6. The predicted octanol–water partition coefficient (Wildman–Crippen LogP) is 1.94. The lowest BCUT2D eigenvalue weighted by atomic mass is 10.1. The Bertz CT molecular complexity index is 495. The molecule has 1 aromatic carbocycles. The van der Waals surface area contributed by atoms with E-state index in [1.165, 1.54) is 12.1 Å². The van der Waals surface area contributed by atoms with Crippen LogP contribution in [0, 0.1) is 18.2 Å². The van der Waals surface area contributed by atoms with Crippen molar-refractivity contribution in [2.75, 3.05) is 5.32 Å². The van der Waals surface area contributed by atoms with Crippen LogP contribution in [-0.4, -0.2) is 17.0 Å². The molecule has 0 radical (unpaired) electrons. The molecule has 0 spiro atoms. The van der Waals surface area contributed by atoms with E-state index < -0.39 is 23.1 Å². The molecule has 2 N–H and O–H groups in total. The molecule has 0 unspecified atom stereocenters. The molecule has 0 bridgehead atoms. The molecular weight excluding hydrogens is 225 g/mol. The van der Waals surface area contributed by atoms with Gasteiger partial charge in [-0.3, -0.25) is 9.59 Å². The normalized spacial score (nSPS) is 16.4. The second-order valence-electron chi connectivity index (χ2n) is 4.32. The first-order valence-electron chi connectivity index (χ1n) is 5.27. The number of amides is 1. The highest BCUT2D eigenvalue weighted by Crippen LogP contribution is 2.46. The summed E-state index contributed by atoms with van der Waals surface area (Å²) in [4.78, 5) is 22.7. The third-order valence-electron chi connectivity index (χ3n) is 2.96. The number of carboxylic acid groups (broad SMARTS) is 1. The van der Waals surface area contributed by atoms with Crippen molar-refractivity contribution in [3.63, 3.8) is 0 Å². The average Bonchev–Trinajstić information content (AvgIpc) is 3.04. The summed E-state index contributed by atoms with van der Waals surface area (Å²) in [6.07, 6.45) is 0.614. The van der Waals surface area contributed by atoms with Gasteiger partial charge >= 0.3 is 5.97 Å². The largest absolute Gasteiger partial charge is 0.480 e. The fourth-order valence-corrected chi connectivity index (χ4v) is 1.64. The number of aliphatic carboxylic acids is 1. The SMILES string of the molecule is Cc1ccc(F)c(NC(=O)C2(C(=O)O)CC2)c1. The summed E-state index contributed by atoms with van der Waals surface area (Å²) in [6, 6.07) is 4.30. The number of carbonyl (C=O) groups excluding carboxylic acids is 1. The van der Waals surface area contributed by atoms with Crippen molar-refractivity contribution in [3.05, 3.63) is 29.6 Å². The molecule has 1 aromatic rings. The van der Waals surface area contributed by atoms with Gasteiger partial charge in [0.25, 0.3) is 0 Å². The smallest absolute Gasteiger partial charge is 0.319 e. The van der Waals surface area contributed by atoms with Crippen LogP contribution in [0.2, 0.25) is 0 Å². The number of hydrogen-bond donors (Lipinski definition) is 2. The lowest BCUT2D eigenvalue weighted by Gasteiger charge is -2.11. The number of hydrogen-bond acceptors (Lipinski definition) is 2. The number of nitrogens with one attached hydrogen (secondary N) is 1. The minimum absolute atomic E-state index is 0.0301. The highest BCUT2D eigenvalue weighted by molar-refractivity contribution is 6.10. The van der Waals surface area contributed by atoms with Crippen molar-refractivity contribution < 1.29 is 19.1 Å².